The quantitative estimate of drug-likeness (QED) is 0.676. The zero-order valence-electron chi connectivity index (χ0n) is 9.49. The second kappa shape index (κ2) is 5.14. The Morgan fingerprint density at radius 3 is 2.88 bits per heavy atom. The molecule has 1 rings (SSSR count). The maximum atomic E-state index is 11.7. The number of amides is 1. The van der Waals surface area contributed by atoms with E-state index in [9.17, 15) is 9.90 Å². The number of nitrogens with one attached hydrogen (secondary N) is 1. The Balaban J connectivity index is 2.60. The lowest BCUT2D eigenvalue weighted by molar-refractivity contribution is 0.00318. The molecule has 1 heterocycles. The molecule has 0 aliphatic carbocycles. The third kappa shape index (κ3) is 3.08. The van der Waals surface area contributed by atoms with E-state index in [-0.39, 0.29) is 12.5 Å². The molecule has 0 aliphatic heterocycles. The van der Waals surface area contributed by atoms with E-state index >= 15 is 0 Å². The Bertz CT molecular complexity index is 357. The predicted octanol–water partition coefficient (Wildman–Crippen LogP) is 0.315. The molecule has 1 aromatic heterocycles. The van der Waals surface area contributed by atoms with E-state index < -0.39 is 12.2 Å². The third-order valence-corrected chi connectivity index (χ3v) is 2.28. The highest BCUT2D eigenvalue weighted by Gasteiger charge is 2.21. The Kier molecular flexibility index (Phi) is 4.09. The summed E-state index contributed by atoms with van der Waals surface area (Å²) in [6, 6.07) is 1.59. The Morgan fingerprint density at radius 2 is 2.31 bits per heavy atom. The second-order valence-corrected chi connectivity index (χ2v) is 3.95. The van der Waals surface area contributed by atoms with Gasteiger partial charge >= 0.3 is 0 Å². The number of aliphatic hydroxyl groups is 2. The van der Waals surface area contributed by atoms with E-state index in [0.717, 1.165) is 0 Å². The summed E-state index contributed by atoms with van der Waals surface area (Å²) in [5.74, 6) is 0.306. The van der Waals surface area contributed by atoms with Gasteiger partial charge in [0.05, 0.1) is 18.4 Å². The first-order valence-corrected chi connectivity index (χ1v) is 5.18. The number of aliphatic hydroxyl groups excluding tert-OH is 1. The number of rotatable bonds is 5. The molecule has 0 saturated carbocycles. The fourth-order valence-corrected chi connectivity index (χ4v) is 1.24. The van der Waals surface area contributed by atoms with Crippen molar-refractivity contribution in [2.24, 2.45) is 0 Å². The van der Waals surface area contributed by atoms with Crippen LogP contribution in [0.3, 0.4) is 0 Å². The summed E-state index contributed by atoms with van der Waals surface area (Å²) in [7, 11) is 0. The molecule has 16 heavy (non-hydrogen) atoms. The SMILES string of the molecule is CCc1occc1C(=O)NCC(C)(O)CO. The van der Waals surface area contributed by atoms with Crippen LogP contribution in [0.15, 0.2) is 16.7 Å². The number of hydrogen-bond acceptors (Lipinski definition) is 4. The molecule has 0 bridgehead atoms. The maximum Gasteiger partial charge on any atom is 0.254 e. The highest BCUT2D eigenvalue weighted by molar-refractivity contribution is 5.95. The average Bonchev–Trinajstić information content (AvgIpc) is 2.74. The minimum Gasteiger partial charge on any atom is -0.469 e. The van der Waals surface area contributed by atoms with Gasteiger partial charge in [-0.05, 0) is 13.0 Å². The smallest absolute Gasteiger partial charge is 0.254 e. The largest absolute Gasteiger partial charge is 0.469 e. The molecular formula is C11H17NO4. The Labute approximate surface area is 94.1 Å². The predicted molar refractivity (Wildman–Crippen MR) is 58.1 cm³/mol. The third-order valence-electron chi connectivity index (χ3n) is 2.28. The van der Waals surface area contributed by atoms with E-state index in [1.807, 2.05) is 6.92 Å². The molecule has 90 valence electrons. The maximum absolute atomic E-state index is 11.7. The van der Waals surface area contributed by atoms with Crippen LogP contribution >= 0.6 is 0 Å². The van der Waals surface area contributed by atoms with Crippen LogP contribution < -0.4 is 5.32 Å². The molecule has 1 amide bonds. The fourth-order valence-electron chi connectivity index (χ4n) is 1.24. The van der Waals surface area contributed by atoms with Gasteiger partial charge in [0.2, 0.25) is 0 Å². The number of carbonyl (C=O) groups is 1. The van der Waals surface area contributed by atoms with Crippen LogP contribution in [0.25, 0.3) is 0 Å². The summed E-state index contributed by atoms with van der Waals surface area (Å²) in [6.45, 7) is 2.93. The van der Waals surface area contributed by atoms with Crippen LogP contribution in [-0.4, -0.2) is 34.9 Å². The van der Waals surface area contributed by atoms with Gasteiger partial charge in [-0.1, -0.05) is 6.92 Å². The highest BCUT2D eigenvalue weighted by atomic mass is 16.3. The molecule has 5 heteroatoms. The zero-order valence-corrected chi connectivity index (χ0v) is 9.49. The van der Waals surface area contributed by atoms with Crippen molar-refractivity contribution in [1.29, 1.82) is 0 Å². The molecule has 1 unspecified atom stereocenters. The van der Waals surface area contributed by atoms with E-state index in [2.05, 4.69) is 5.32 Å². The van der Waals surface area contributed by atoms with Gasteiger partial charge in [-0.2, -0.15) is 0 Å². The van der Waals surface area contributed by atoms with Crippen molar-refractivity contribution in [3.8, 4) is 0 Å². The topological polar surface area (TPSA) is 82.7 Å². The van der Waals surface area contributed by atoms with Gasteiger partial charge in [-0.3, -0.25) is 4.79 Å². The number of furan rings is 1. The fraction of sp³-hybridized carbons (Fsp3) is 0.545. The Morgan fingerprint density at radius 1 is 1.62 bits per heavy atom. The minimum absolute atomic E-state index is 0.00331. The molecule has 0 saturated heterocycles. The molecule has 0 aromatic carbocycles. The van der Waals surface area contributed by atoms with Crippen LogP contribution in [0, 0.1) is 0 Å². The lowest BCUT2D eigenvalue weighted by atomic mass is 10.1. The van der Waals surface area contributed by atoms with Crippen LogP contribution in [0.2, 0.25) is 0 Å². The lowest BCUT2D eigenvalue weighted by Gasteiger charge is -2.20. The number of carbonyl (C=O) groups excluding carboxylic acids is 1. The van der Waals surface area contributed by atoms with Gasteiger partial charge in [0.1, 0.15) is 11.4 Å². The van der Waals surface area contributed by atoms with Gasteiger partial charge in [0, 0.05) is 13.0 Å². The Hall–Kier alpha value is -1.33. The molecule has 5 nitrogen and oxygen atoms in total. The van der Waals surface area contributed by atoms with Crippen LogP contribution in [0.5, 0.6) is 0 Å². The van der Waals surface area contributed by atoms with Crippen molar-refractivity contribution in [2.45, 2.75) is 25.9 Å². The summed E-state index contributed by atoms with van der Waals surface area (Å²) in [5.41, 5.74) is -0.831. The van der Waals surface area contributed by atoms with Gasteiger partial charge in [0.15, 0.2) is 0 Å². The van der Waals surface area contributed by atoms with Crippen molar-refractivity contribution in [2.75, 3.05) is 13.2 Å². The summed E-state index contributed by atoms with van der Waals surface area (Å²) in [4.78, 5) is 11.7. The van der Waals surface area contributed by atoms with E-state index in [1.165, 1.54) is 13.2 Å². The number of hydrogen-bond donors (Lipinski definition) is 3. The monoisotopic (exact) mass is 227 g/mol. The number of aryl methyl sites for hydroxylation is 1. The molecule has 0 aliphatic rings. The first kappa shape index (κ1) is 12.7. The first-order valence-electron chi connectivity index (χ1n) is 5.18. The first-order chi connectivity index (χ1) is 7.50. The minimum atomic E-state index is -1.30. The van der Waals surface area contributed by atoms with Crippen molar-refractivity contribution in [1.82, 2.24) is 5.32 Å². The van der Waals surface area contributed by atoms with Crippen molar-refractivity contribution in [3.63, 3.8) is 0 Å². The van der Waals surface area contributed by atoms with Gasteiger partial charge in [0.25, 0.3) is 5.91 Å². The summed E-state index contributed by atoms with van der Waals surface area (Å²) in [6.07, 6.45) is 2.09. The van der Waals surface area contributed by atoms with Gasteiger partial charge in [-0.25, -0.2) is 0 Å². The summed E-state index contributed by atoms with van der Waals surface area (Å²) < 4.78 is 5.12. The summed E-state index contributed by atoms with van der Waals surface area (Å²) in [5, 5.41) is 20.9. The summed E-state index contributed by atoms with van der Waals surface area (Å²) >= 11 is 0. The van der Waals surface area contributed by atoms with Crippen molar-refractivity contribution in [3.05, 3.63) is 23.7 Å². The molecular weight excluding hydrogens is 210 g/mol. The second-order valence-electron chi connectivity index (χ2n) is 3.95. The zero-order chi connectivity index (χ0) is 12.2. The molecule has 1 atom stereocenters. The van der Waals surface area contributed by atoms with Gasteiger partial charge in [-0.15, -0.1) is 0 Å². The van der Waals surface area contributed by atoms with Crippen LogP contribution in [0.4, 0.5) is 0 Å². The molecule has 1 aromatic rings. The molecule has 0 radical (unpaired) electrons. The molecule has 3 N–H and O–H groups in total. The van der Waals surface area contributed by atoms with E-state index in [0.29, 0.717) is 17.7 Å². The van der Waals surface area contributed by atoms with Crippen molar-refractivity contribution < 1.29 is 19.4 Å². The van der Waals surface area contributed by atoms with Gasteiger partial charge < -0.3 is 19.9 Å². The van der Waals surface area contributed by atoms with Crippen LogP contribution in [-0.2, 0) is 6.42 Å². The molecule has 0 fully saturated rings. The van der Waals surface area contributed by atoms with E-state index in [4.69, 9.17) is 9.52 Å². The van der Waals surface area contributed by atoms with E-state index in [1.54, 1.807) is 6.07 Å². The average molecular weight is 227 g/mol. The standard InChI is InChI=1S/C11H17NO4/c1-3-9-8(4-5-16-9)10(14)12-6-11(2,15)7-13/h4-5,13,15H,3,6-7H2,1-2H3,(H,12,14). The normalized spacial score (nSPS) is 14.5. The molecule has 0 spiro atoms. The van der Waals surface area contributed by atoms with Crippen molar-refractivity contribution >= 4 is 5.91 Å². The lowest BCUT2D eigenvalue weighted by Crippen LogP contribution is -2.43. The van der Waals surface area contributed by atoms with Crippen LogP contribution in [0.1, 0.15) is 30.0 Å². The highest BCUT2D eigenvalue weighted by Crippen LogP contribution is 2.11.